The summed E-state index contributed by atoms with van der Waals surface area (Å²) in [7, 11) is -3.53. The van der Waals surface area contributed by atoms with Gasteiger partial charge in [-0.15, -0.1) is 11.3 Å². The Bertz CT molecular complexity index is 899. The van der Waals surface area contributed by atoms with Gasteiger partial charge >= 0.3 is 0 Å². The molecule has 0 amide bonds. The minimum Gasteiger partial charge on any atom is -0.342 e. The van der Waals surface area contributed by atoms with Gasteiger partial charge in [0.05, 0.1) is 15.4 Å². The molecule has 0 atom stereocenters. The zero-order valence-electron chi connectivity index (χ0n) is 11.1. The van der Waals surface area contributed by atoms with E-state index in [2.05, 4.69) is 14.7 Å². The summed E-state index contributed by atoms with van der Waals surface area (Å²) in [6.45, 7) is 2.09. The largest absolute Gasteiger partial charge is 0.342 e. The average molecular weight is 342 g/mol. The second kappa shape index (κ2) is 5.42. The van der Waals surface area contributed by atoms with E-state index in [9.17, 15) is 8.42 Å². The third kappa shape index (κ3) is 3.11. The van der Waals surface area contributed by atoms with Gasteiger partial charge in [-0.1, -0.05) is 17.7 Å². The SMILES string of the molecule is Cc1nc2ccc(CNS(=O)(=O)c3ccc(Cl)s3)cc2[nH]1. The third-order valence-corrected chi connectivity index (χ3v) is 6.07. The molecule has 1 aromatic carbocycles. The molecule has 8 heteroatoms. The Morgan fingerprint density at radius 1 is 1.33 bits per heavy atom. The van der Waals surface area contributed by atoms with Crippen molar-refractivity contribution in [3.05, 3.63) is 46.1 Å². The maximum absolute atomic E-state index is 12.1. The predicted octanol–water partition coefficient (Wildman–Crippen LogP) is 3.06. The van der Waals surface area contributed by atoms with Gasteiger partial charge in [-0.3, -0.25) is 0 Å². The lowest BCUT2D eigenvalue weighted by molar-refractivity contribution is 0.583. The van der Waals surface area contributed by atoms with Gasteiger partial charge in [0.25, 0.3) is 0 Å². The summed E-state index contributed by atoms with van der Waals surface area (Å²) < 4.78 is 27.4. The smallest absolute Gasteiger partial charge is 0.250 e. The standard InChI is InChI=1S/C13H12ClN3O2S2/c1-8-16-10-3-2-9(6-11(10)17-8)7-15-21(18,19)13-5-4-12(14)20-13/h2-6,15H,7H2,1H3,(H,16,17). The Morgan fingerprint density at radius 3 is 2.86 bits per heavy atom. The van der Waals surface area contributed by atoms with Crippen molar-refractivity contribution in [2.45, 2.75) is 17.7 Å². The van der Waals surface area contributed by atoms with Crippen LogP contribution in [0.25, 0.3) is 11.0 Å². The molecule has 0 bridgehead atoms. The number of H-pyrrole nitrogens is 1. The number of nitrogens with zero attached hydrogens (tertiary/aromatic N) is 1. The van der Waals surface area contributed by atoms with E-state index in [0.717, 1.165) is 33.8 Å². The maximum Gasteiger partial charge on any atom is 0.250 e. The van der Waals surface area contributed by atoms with Gasteiger partial charge in [0, 0.05) is 6.54 Å². The lowest BCUT2D eigenvalue weighted by atomic mass is 10.2. The van der Waals surface area contributed by atoms with Gasteiger partial charge in [-0.2, -0.15) is 0 Å². The molecule has 0 spiro atoms. The number of nitrogens with one attached hydrogen (secondary N) is 2. The molecule has 3 aromatic rings. The second-order valence-corrected chi connectivity index (χ2v) is 8.27. The number of aryl methyl sites for hydroxylation is 1. The monoisotopic (exact) mass is 341 g/mol. The van der Waals surface area contributed by atoms with E-state index in [1.54, 1.807) is 6.07 Å². The fraction of sp³-hybridized carbons (Fsp3) is 0.154. The van der Waals surface area contributed by atoms with E-state index in [1.165, 1.54) is 6.07 Å². The topological polar surface area (TPSA) is 74.8 Å². The van der Waals surface area contributed by atoms with E-state index in [-0.39, 0.29) is 10.8 Å². The third-order valence-electron chi connectivity index (χ3n) is 2.94. The van der Waals surface area contributed by atoms with E-state index < -0.39 is 10.0 Å². The van der Waals surface area contributed by atoms with Crippen molar-refractivity contribution in [3.8, 4) is 0 Å². The van der Waals surface area contributed by atoms with Crippen LogP contribution in [0.5, 0.6) is 0 Å². The molecule has 2 heterocycles. The van der Waals surface area contributed by atoms with E-state index >= 15 is 0 Å². The molecular formula is C13H12ClN3O2S2. The van der Waals surface area contributed by atoms with Crippen molar-refractivity contribution in [2.75, 3.05) is 0 Å². The lowest BCUT2D eigenvalue weighted by Gasteiger charge is -2.04. The molecule has 0 saturated heterocycles. The van der Waals surface area contributed by atoms with E-state index in [0.29, 0.717) is 4.34 Å². The first-order valence-electron chi connectivity index (χ1n) is 6.14. The highest BCUT2D eigenvalue weighted by Gasteiger charge is 2.16. The first-order valence-corrected chi connectivity index (χ1v) is 8.82. The highest BCUT2D eigenvalue weighted by molar-refractivity contribution is 7.91. The number of hydrogen-bond donors (Lipinski definition) is 2. The number of imidazole rings is 1. The Morgan fingerprint density at radius 2 is 2.14 bits per heavy atom. The summed E-state index contributed by atoms with van der Waals surface area (Å²) in [6.07, 6.45) is 0. The fourth-order valence-corrected chi connectivity index (χ4v) is 4.53. The molecule has 0 fully saturated rings. The Labute approximate surface area is 131 Å². The Kier molecular flexibility index (Phi) is 3.75. The molecule has 0 aliphatic rings. The van der Waals surface area contributed by atoms with Crippen LogP contribution in [-0.4, -0.2) is 18.4 Å². The molecular weight excluding hydrogens is 330 g/mol. The van der Waals surface area contributed by atoms with Crippen LogP contribution in [0, 0.1) is 6.92 Å². The fourth-order valence-electron chi connectivity index (χ4n) is 1.99. The number of aromatic amines is 1. The van der Waals surface area contributed by atoms with Crippen LogP contribution in [0.2, 0.25) is 4.34 Å². The average Bonchev–Trinajstić information content (AvgIpc) is 3.01. The first-order chi connectivity index (χ1) is 9.94. The number of thiophene rings is 1. The van der Waals surface area contributed by atoms with Gasteiger partial charge in [-0.25, -0.2) is 18.1 Å². The maximum atomic E-state index is 12.1. The van der Waals surface area contributed by atoms with Crippen LogP contribution in [0.15, 0.2) is 34.5 Å². The minimum atomic E-state index is -3.53. The molecule has 0 aliphatic heterocycles. The molecule has 2 N–H and O–H groups in total. The van der Waals surface area contributed by atoms with Crippen molar-refractivity contribution in [1.82, 2.24) is 14.7 Å². The number of hydrogen-bond acceptors (Lipinski definition) is 4. The lowest BCUT2D eigenvalue weighted by Crippen LogP contribution is -2.22. The zero-order valence-corrected chi connectivity index (χ0v) is 13.4. The first kappa shape index (κ1) is 14.5. The quantitative estimate of drug-likeness (QED) is 0.765. The van der Waals surface area contributed by atoms with E-state index in [4.69, 9.17) is 11.6 Å². The van der Waals surface area contributed by atoms with Crippen molar-refractivity contribution in [2.24, 2.45) is 0 Å². The van der Waals surface area contributed by atoms with Crippen molar-refractivity contribution < 1.29 is 8.42 Å². The van der Waals surface area contributed by atoms with Gasteiger partial charge in [0.2, 0.25) is 10.0 Å². The highest BCUT2D eigenvalue weighted by atomic mass is 35.5. The van der Waals surface area contributed by atoms with Gasteiger partial charge in [-0.05, 0) is 36.8 Å². The van der Waals surface area contributed by atoms with Crippen molar-refractivity contribution in [3.63, 3.8) is 0 Å². The molecule has 0 radical (unpaired) electrons. The Balaban J connectivity index is 1.79. The summed E-state index contributed by atoms with van der Waals surface area (Å²) in [4.78, 5) is 7.43. The van der Waals surface area contributed by atoms with Gasteiger partial charge < -0.3 is 4.98 Å². The Hall–Kier alpha value is -1.41. The molecule has 5 nitrogen and oxygen atoms in total. The van der Waals surface area contributed by atoms with Crippen LogP contribution < -0.4 is 4.72 Å². The van der Waals surface area contributed by atoms with E-state index in [1.807, 2.05) is 25.1 Å². The molecule has 21 heavy (non-hydrogen) atoms. The van der Waals surface area contributed by atoms with Crippen molar-refractivity contribution in [1.29, 1.82) is 0 Å². The summed E-state index contributed by atoms with van der Waals surface area (Å²) >= 11 is 6.80. The number of halogens is 1. The van der Waals surface area contributed by atoms with Crippen LogP contribution in [0.3, 0.4) is 0 Å². The van der Waals surface area contributed by atoms with Crippen LogP contribution in [0.1, 0.15) is 11.4 Å². The second-order valence-electron chi connectivity index (χ2n) is 4.56. The zero-order chi connectivity index (χ0) is 15.0. The molecule has 110 valence electrons. The predicted molar refractivity (Wildman–Crippen MR) is 84.2 cm³/mol. The summed E-state index contributed by atoms with van der Waals surface area (Å²) in [5.74, 6) is 0.830. The number of sulfonamides is 1. The van der Waals surface area contributed by atoms with Crippen molar-refractivity contribution >= 4 is 44.0 Å². The van der Waals surface area contributed by atoms with Gasteiger partial charge in [0.1, 0.15) is 10.0 Å². The number of rotatable bonds is 4. The molecule has 0 aliphatic carbocycles. The minimum absolute atomic E-state index is 0.214. The number of aromatic nitrogens is 2. The highest BCUT2D eigenvalue weighted by Crippen LogP contribution is 2.25. The normalized spacial score (nSPS) is 12.1. The van der Waals surface area contributed by atoms with Gasteiger partial charge in [0.15, 0.2) is 0 Å². The summed E-state index contributed by atoms with van der Waals surface area (Å²) in [5.41, 5.74) is 2.62. The molecule has 0 saturated carbocycles. The number of fused-ring (bicyclic) bond motifs is 1. The number of benzene rings is 1. The molecule has 0 unspecified atom stereocenters. The molecule has 2 aromatic heterocycles. The summed E-state index contributed by atoms with van der Waals surface area (Å²) in [6, 6.07) is 8.67. The van der Waals surface area contributed by atoms with Crippen LogP contribution in [0.4, 0.5) is 0 Å². The van der Waals surface area contributed by atoms with Crippen LogP contribution >= 0.6 is 22.9 Å². The van der Waals surface area contributed by atoms with Crippen LogP contribution in [-0.2, 0) is 16.6 Å². The molecule has 3 rings (SSSR count). The summed E-state index contributed by atoms with van der Waals surface area (Å²) in [5, 5.41) is 0.